The highest BCUT2D eigenvalue weighted by atomic mass is 32.1. The molecule has 0 saturated carbocycles. The van der Waals surface area contributed by atoms with Crippen molar-refractivity contribution in [2.45, 2.75) is 6.92 Å². The van der Waals surface area contributed by atoms with Gasteiger partial charge in [-0.3, -0.25) is 0 Å². The van der Waals surface area contributed by atoms with Crippen LogP contribution in [0.2, 0.25) is 0 Å². The second-order valence-corrected chi connectivity index (χ2v) is 6.34. The second-order valence-electron chi connectivity index (χ2n) is 5.05. The molecule has 22 heavy (non-hydrogen) atoms. The van der Waals surface area contributed by atoms with Gasteiger partial charge in [0.1, 0.15) is 0 Å². The molecule has 3 aromatic rings. The van der Waals surface area contributed by atoms with Crippen LogP contribution < -0.4 is 5.32 Å². The van der Waals surface area contributed by atoms with Crippen molar-refractivity contribution >= 4 is 11.3 Å². The first kappa shape index (κ1) is 16.3. The van der Waals surface area contributed by atoms with Crippen LogP contribution in [-0.2, 0) is 0 Å². The minimum absolute atomic E-state index is 1.27. The lowest BCUT2D eigenvalue weighted by molar-refractivity contribution is 1.02. The third-order valence-corrected chi connectivity index (χ3v) is 4.10. The average molecular weight is 308 g/mol. The van der Waals surface area contributed by atoms with Crippen molar-refractivity contribution in [2.24, 2.45) is 0 Å². The van der Waals surface area contributed by atoms with E-state index in [1.54, 1.807) is 0 Å². The summed E-state index contributed by atoms with van der Waals surface area (Å²) in [6, 6.07) is 25.7. The molecule has 1 aromatic heterocycles. The molecule has 2 aromatic carbocycles. The predicted octanol–water partition coefficient (Wildman–Crippen LogP) is 5.51. The van der Waals surface area contributed by atoms with Crippen molar-refractivity contribution in [3.05, 3.63) is 77.7 Å². The van der Waals surface area contributed by atoms with Gasteiger partial charge >= 0.3 is 0 Å². The topological polar surface area (TPSA) is 12.0 Å². The largest absolute Gasteiger partial charge is 0.323 e. The molecule has 0 spiro atoms. The van der Waals surface area contributed by atoms with Crippen LogP contribution in [0.1, 0.15) is 4.88 Å². The van der Waals surface area contributed by atoms with Gasteiger partial charge in [0.15, 0.2) is 0 Å². The summed E-state index contributed by atoms with van der Waals surface area (Å²) in [7, 11) is 3.75. The number of nitrogens with one attached hydrogen (secondary N) is 1. The van der Waals surface area contributed by atoms with E-state index in [-0.39, 0.29) is 0 Å². The summed E-state index contributed by atoms with van der Waals surface area (Å²) in [6.45, 7) is 2.17. The zero-order chi connectivity index (χ0) is 15.8. The molecule has 0 aliphatic carbocycles. The quantitative estimate of drug-likeness (QED) is 0.616. The van der Waals surface area contributed by atoms with E-state index in [2.05, 4.69) is 85.0 Å². The van der Waals surface area contributed by atoms with E-state index < -0.39 is 0 Å². The lowest BCUT2D eigenvalue weighted by atomic mass is 10.1. The number of benzene rings is 2. The lowest BCUT2D eigenvalue weighted by Crippen LogP contribution is -1.89. The van der Waals surface area contributed by atoms with E-state index >= 15 is 0 Å². The lowest BCUT2D eigenvalue weighted by Gasteiger charge is -2.00. The molecule has 3 rings (SSSR count). The molecule has 0 bridgehead atoms. The highest BCUT2D eigenvalue weighted by Gasteiger charge is 2.14. The Hall–Kier alpha value is -2.03. The summed E-state index contributed by atoms with van der Waals surface area (Å²) < 4.78 is 0. The van der Waals surface area contributed by atoms with Gasteiger partial charge in [0.2, 0.25) is 21.1 Å². The van der Waals surface area contributed by atoms with Crippen LogP contribution in [0.15, 0.2) is 72.8 Å². The monoisotopic (exact) mass is 308 g/mol. The third kappa shape index (κ3) is 4.48. The number of rotatable bonds is 2. The summed E-state index contributed by atoms with van der Waals surface area (Å²) in [4.78, 5) is 2.65. The summed E-state index contributed by atoms with van der Waals surface area (Å²) in [5.74, 6) is 0. The molecule has 0 aliphatic rings. The molecule has 0 unspecified atom stereocenters. The molecule has 2 heteroatoms. The average Bonchev–Trinajstić information content (AvgIpc) is 2.57. The molecule has 0 atom stereocenters. The molecule has 0 saturated heterocycles. The highest BCUT2D eigenvalue weighted by Crippen LogP contribution is 2.31. The van der Waals surface area contributed by atoms with Crippen LogP contribution in [-0.4, -0.2) is 14.1 Å². The highest BCUT2D eigenvalue weighted by molar-refractivity contribution is 7.15. The van der Waals surface area contributed by atoms with Gasteiger partial charge in [0.25, 0.3) is 0 Å². The summed E-state index contributed by atoms with van der Waals surface area (Å²) in [6.07, 6.45) is 0. The molecular weight excluding hydrogens is 286 g/mol. The number of hydrogen-bond donors (Lipinski definition) is 1. The minimum atomic E-state index is 1.27. The van der Waals surface area contributed by atoms with Gasteiger partial charge in [0.05, 0.1) is 0 Å². The first-order valence-electron chi connectivity index (χ1n) is 7.38. The molecule has 1 N–H and O–H groups in total. The molecule has 0 fully saturated rings. The fraction of sp³-hybridized carbons (Fsp3) is 0.150. The zero-order valence-electron chi connectivity index (χ0n) is 13.3. The minimum Gasteiger partial charge on any atom is -0.323 e. The van der Waals surface area contributed by atoms with Gasteiger partial charge in [-0.05, 0) is 37.4 Å². The van der Waals surface area contributed by atoms with Crippen LogP contribution in [0.5, 0.6) is 0 Å². The SMILES string of the molecule is CNC.Cc1cc(-c2ccccc2)cc(-c2ccccc2)[s+]1. The second kappa shape index (κ2) is 8.42. The Kier molecular flexibility index (Phi) is 6.26. The molecule has 0 aliphatic heterocycles. The van der Waals surface area contributed by atoms with Crippen LogP contribution in [0.25, 0.3) is 21.6 Å². The maximum Gasteiger partial charge on any atom is 0.238 e. The van der Waals surface area contributed by atoms with E-state index in [4.69, 9.17) is 0 Å². The summed E-state index contributed by atoms with van der Waals surface area (Å²) in [5, 5.41) is 2.75. The van der Waals surface area contributed by atoms with Crippen molar-refractivity contribution in [1.29, 1.82) is 0 Å². The smallest absolute Gasteiger partial charge is 0.238 e. The van der Waals surface area contributed by atoms with Gasteiger partial charge < -0.3 is 5.32 Å². The van der Waals surface area contributed by atoms with Crippen LogP contribution in [0, 0.1) is 6.92 Å². The molecule has 0 amide bonds. The molecule has 0 radical (unpaired) electrons. The van der Waals surface area contributed by atoms with Crippen molar-refractivity contribution in [1.82, 2.24) is 5.32 Å². The van der Waals surface area contributed by atoms with Crippen LogP contribution in [0.4, 0.5) is 0 Å². The van der Waals surface area contributed by atoms with Crippen molar-refractivity contribution < 1.29 is 0 Å². The zero-order valence-corrected chi connectivity index (χ0v) is 14.2. The summed E-state index contributed by atoms with van der Waals surface area (Å²) in [5.41, 5.74) is 3.85. The molecular formula is C20H22NS+. The van der Waals surface area contributed by atoms with Crippen molar-refractivity contribution in [2.75, 3.05) is 14.1 Å². The fourth-order valence-corrected chi connectivity index (χ4v) is 3.15. The Morgan fingerprint density at radius 1 is 0.682 bits per heavy atom. The Bertz CT molecular complexity index is 636. The fourth-order valence-electron chi connectivity index (χ4n) is 2.18. The Balaban J connectivity index is 0.000000545. The van der Waals surface area contributed by atoms with E-state index in [1.165, 1.54) is 26.4 Å². The van der Waals surface area contributed by atoms with E-state index in [1.807, 2.05) is 25.4 Å². The number of aryl methyl sites for hydroxylation is 1. The van der Waals surface area contributed by atoms with Gasteiger partial charge in [-0.25, -0.2) is 0 Å². The van der Waals surface area contributed by atoms with E-state index in [0.717, 1.165) is 0 Å². The predicted molar refractivity (Wildman–Crippen MR) is 99.3 cm³/mol. The van der Waals surface area contributed by atoms with Gasteiger partial charge in [-0.1, -0.05) is 48.5 Å². The maximum absolute atomic E-state index is 2.75. The first-order chi connectivity index (χ1) is 10.7. The van der Waals surface area contributed by atoms with Gasteiger partial charge in [-0.15, -0.1) is 0 Å². The normalized spacial score (nSPS) is 9.77. The van der Waals surface area contributed by atoms with Gasteiger partial charge in [-0.2, -0.15) is 0 Å². The Morgan fingerprint density at radius 3 is 1.73 bits per heavy atom. The Morgan fingerprint density at radius 2 is 1.18 bits per heavy atom. The Labute approximate surface area is 137 Å². The summed E-state index contributed by atoms with van der Waals surface area (Å²) >= 11 is 1.84. The third-order valence-electron chi connectivity index (χ3n) is 3.08. The number of hydrogen-bond acceptors (Lipinski definition) is 1. The standard InChI is InChI=1S/C18H15S.C2H7N/c1-14-12-17(15-8-4-2-5-9-15)13-18(19-14)16-10-6-3-7-11-16;1-3-2/h2-13H,1H3;3H,1-2H3/q+1;. The maximum atomic E-state index is 2.75. The molecule has 1 nitrogen and oxygen atoms in total. The molecule has 112 valence electrons. The van der Waals surface area contributed by atoms with Gasteiger partial charge in [0, 0.05) is 24.6 Å². The first-order valence-corrected chi connectivity index (χ1v) is 8.20. The molecule has 1 heterocycles. The van der Waals surface area contributed by atoms with Crippen LogP contribution >= 0.6 is 11.3 Å². The van der Waals surface area contributed by atoms with Crippen LogP contribution in [0.3, 0.4) is 0 Å². The van der Waals surface area contributed by atoms with Crippen molar-refractivity contribution in [3.8, 4) is 21.6 Å². The van der Waals surface area contributed by atoms with Crippen molar-refractivity contribution in [3.63, 3.8) is 0 Å². The van der Waals surface area contributed by atoms with E-state index in [9.17, 15) is 0 Å². The van der Waals surface area contributed by atoms with E-state index in [0.29, 0.717) is 0 Å².